The third-order valence-corrected chi connectivity index (χ3v) is 2.93. The molecule has 106 valence electrons. The third-order valence-electron chi connectivity index (χ3n) is 2.93. The van der Waals surface area contributed by atoms with Crippen LogP contribution in [0, 0.1) is 12.8 Å². The van der Waals surface area contributed by atoms with E-state index >= 15 is 0 Å². The Bertz CT molecular complexity index is 573. The summed E-state index contributed by atoms with van der Waals surface area (Å²) >= 11 is 0. The van der Waals surface area contributed by atoms with Crippen LogP contribution in [-0.2, 0) is 4.74 Å². The van der Waals surface area contributed by atoms with Gasteiger partial charge >= 0.3 is 5.97 Å². The Morgan fingerprint density at radius 1 is 1.30 bits per heavy atom. The molecule has 20 heavy (non-hydrogen) atoms. The molecule has 2 rings (SSSR count). The molecule has 5 nitrogen and oxygen atoms in total. The van der Waals surface area contributed by atoms with Gasteiger partial charge in [-0.15, -0.1) is 5.10 Å². The van der Waals surface area contributed by atoms with Crippen molar-refractivity contribution in [3.63, 3.8) is 0 Å². The molecule has 5 heteroatoms. The van der Waals surface area contributed by atoms with E-state index in [-0.39, 0.29) is 5.69 Å². The molecule has 0 fully saturated rings. The molecule has 0 radical (unpaired) electrons. The third kappa shape index (κ3) is 3.66. The number of benzene rings is 1. The lowest BCUT2D eigenvalue weighted by atomic mass is 10.1. The van der Waals surface area contributed by atoms with E-state index in [0.29, 0.717) is 12.5 Å². The van der Waals surface area contributed by atoms with Gasteiger partial charge in [-0.1, -0.05) is 36.8 Å². The molecule has 0 aliphatic carbocycles. The average molecular weight is 273 g/mol. The smallest absolute Gasteiger partial charge is 0.360 e. The molecule has 0 atom stereocenters. The lowest BCUT2D eigenvalue weighted by Crippen LogP contribution is -2.08. The second kappa shape index (κ2) is 6.32. The second-order valence-corrected chi connectivity index (χ2v) is 5.20. The van der Waals surface area contributed by atoms with Gasteiger partial charge in [-0.05, 0) is 31.4 Å². The Morgan fingerprint density at radius 2 is 2.00 bits per heavy atom. The monoisotopic (exact) mass is 273 g/mol. The molecule has 0 bridgehead atoms. The molecule has 1 aromatic carbocycles. The molecule has 0 spiro atoms. The van der Waals surface area contributed by atoms with Crippen LogP contribution in [0.2, 0.25) is 0 Å². The van der Waals surface area contributed by atoms with Gasteiger partial charge in [0.1, 0.15) is 0 Å². The first-order valence-electron chi connectivity index (χ1n) is 6.73. The number of carbonyl (C=O) groups excluding carboxylic acids is 1. The highest BCUT2D eigenvalue weighted by atomic mass is 16.5. The van der Waals surface area contributed by atoms with Gasteiger partial charge in [0, 0.05) is 0 Å². The zero-order valence-corrected chi connectivity index (χ0v) is 12.0. The fourth-order valence-corrected chi connectivity index (χ4v) is 1.64. The molecule has 2 aromatic rings. The highest BCUT2D eigenvalue weighted by Gasteiger charge is 2.13. The summed E-state index contributed by atoms with van der Waals surface area (Å²) < 4.78 is 6.72. The summed E-state index contributed by atoms with van der Waals surface area (Å²) in [4.78, 5) is 11.8. The van der Waals surface area contributed by atoms with E-state index in [1.807, 2.05) is 31.2 Å². The minimum absolute atomic E-state index is 0.231. The van der Waals surface area contributed by atoms with Crippen LogP contribution < -0.4 is 0 Å². The van der Waals surface area contributed by atoms with Gasteiger partial charge in [0.15, 0.2) is 5.69 Å². The summed E-state index contributed by atoms with van der Waals surface area (Å²) in [6.07, 6.45) is 2.43. The van der Waals surface area contributed by atoms with Crippen molar-refractivity contribution in [3.8, 4) is 5.69 Å². The van der Waals surface area contributed by atoms with Crippen LogP contribution in [0.25, 0.3) is 5.69 Å². The maximum absolute atomic E-state index is 11.8. The molecule has 0 saturated heterocycles. The lowest BCUT2D eigenvalue weighted by molar-refractivity contribution is 0.0481. The highest BCUT2D eigenvalue weighted by Crippen LogP contribution is 2.09. The first kappa shape index (κ1) is 14.2. The summed E-state index contributed by atoms with van der Waals surface area (Å²) in [6, 6.07) is 7.82. The normalized spacial score (nSPS) is 10.8. The maximum Gasteiger partial charge on any atom is 0.360 e. The van der Waals surface area contributed by atoms with Crippen LogP contribution in [0.15, 0.2) is 30.5 Å². The SMILES string of the molecule is Cc1ccc(-n2cc(C(=O)OCCC(C)C)nn2)cc1. The van der Waals surface area contributed by atoms with Gasteiger partial charge in [-0.3, -0.25) is 0 Å². The van der Waals surface area contributed by atoms with E-state index in [4.69, 9.17) is 4.74 Å². The molecule has 1 aromatic heterocycles. The van der Waals surface area contributed by atoms with E-state index in [2.05, 4.69) is 24.2 Å². The van der Waals surface area contributed by atoms with Crippen molar-refractivity contribution in [2.45, 2.75) is 27.2 Å². The first-order valence-corrected chi connectivity index (χ1v) is 6.73. The van der Waals surface area contributed by atoms with Crippen LogP contribution in [0.3, 0.4) is 0 Å². The van der Waals surface area contributed by atoms with Crippen molar-refractivity contribution in [2.24, 2.45) is 5.92 Å². The quantitative estimate of drug-likeness (QED) is 0.786. The number of aryl methyl sites for hydroxylation is 1. The molecular weight excluding hydrogens is 254 g/mol. The molecule has 0 saturated carbocycles. The van der Waals surface area contributed by atoms with Crippen molar-refractivity contribution in [3.05, 3.63) is 41.7 Å². The van der Waals surface area contributed by atoms with Gasteiger partial charge < -0.3 is 4.74 Å². The maximum atomic E-state index is 11.8. The Morgan fingerprint density at radius 3 is 2.65 bits per heavy atom. The topological polar surface area (TPSA) is 57.0 Å². The Hall–Kier alpha value is -2.17. The number of carbonyl (C=O) groups is 1. The number of esters is 1. The van der Waals surface area contributed by atoms with E-state index in [9.17, 15) is 4.79 Å². The van der Waals surface area contributed by atoms with E-state index in [1.54, 1.807) is 10.9 Å². The van der Waals surface area contributed by atoms with E-state index in [0.717, 1.165) is 12.1 Å². The Kier molecular flexibility index (Phi) is 4.50. The second-order valence-electron chi connectivity index (χ2n) is 5.20. The summed E-state index contributed by atoms with van der Waals surface area (Å²) in [7, 11) is 0. The minimum Gasteiger partial charge on any atom is -0.461 e. The van der Waals surface area contributed by atoms with Crippen molar-refractivity contribution in [1.29, 1.82) is 0 Å². The largest absolute Gasteiger partial charge is 0.461 e. The molecule has 0 aliphatic rings. The van der Waals surface area contributed by atoms with Crippen LogP contribution in [0.5, 0.6) is 0 Å². The van der Waals surface area contributed by atoms with Gasteiger partial charge in [0.2, 0.25) is 0 Å². The van der Waals surface area contributed by atoms with Crippen LogP contribution in [0.1, 0.15) is 36.3 Å². The minimum atomic E-state index is -0.427. The van der Waals surface area contributed by atoms with Gasteiger partial charge in [-0.2, -0.15) is 0 Å². The number of hydrogen-bond acceptors (Lipinski definition) is 4. The molecule has 0 N–H and O–H groups in total. The Balaban J connectivity index is 2.01. The highest BCUT2D eigenvalue weighted by molar-refractivity contribution is 5.86. The summed E-state index contributed by atoms with van der Waals surface area (Å²) in [6.45, 7) is 6.60. The molecular formula is C15H19N3O2. The number of ether oxygens (including phenoxy) is 1. The van der Waals surface area contributed by atoms with Gasteiger partial charge in [0.25, 0.3) is 0 Å². The van der Waals surface area contributed by atoms with Crippen molar-refractivity contribution in [1.82, 2.24) is 15.0 Å². The number of rotatable bonds is 5. The van der Waals surface area contributed by atoms with E-state index < -0.39 is 5.97 Å². The lowest BCUT2D eigenvalue weighted by Gasteiger charge is -2.04. The van der Waals surface area contributed by atoms with E-state index in [1.165, 1.54) is 5.56 Å². The van der Waals surface area contributed by atoms with Crippen molar-refractivity contribution in [2.75, 3.05) is 6.61 Å². The van der Waals surface area contributed by atoms with Gasteiger partial charge in [0.05, 0.1) is 18.5 Å². The fourth-order valence-electron chi connectivity index (χ4n) is 1.64. The zero-order valence-electron chi connectivity index (χ0n) is 12.0. The zero-order chi connectivity index (χ0) is 14.5. The average Bonchev–Trinajstić information content (AvgIpc) is 2.88. The molecule has 1 heterocycles. The predicted molar refractivity (Wildman–Crippen MR) is 75.8 cm³/mol. The summed E-state index contributed by atoms with van der Waals surface area (Å²) in [5.41, 5.74) is 2.26. The first-order chi connectivity index (χ1) is 9.56. The van der Waals surface area contributed by atoms with Crippen LogP contribution in [-0.4, -0.2) is 27.6 Å². The standard InChI is InChI=1S/C15H19N3O2/c1-11(2)8-9-20-15(19)14-10-18(17-16-14)13-6-4-12(3)5-7-13/h4-7,10-11H,8-9H2,1-3H3. The molecule has 0 amide bonds. The van der Waals surface area contributed by atoms with Gasteiger partial charge in [-0.25, -0.2) is 9.48 Å². The number of hydrogen-bond donors (Lipinski definition) is 0. The number of aromatic nitrogens is 3. The number of nitrogens with zero attached hydrogens (tertiary/aromatic N) is 3. The predicted octanol–water partition coefficient (Wildman–Crippen LogP) is 2.78. The summed E-state index contributed by atoms with van der Waals surface area (Å²) in [5, 5.41) is 7.80. The van der Waals surface area contributed by atoms with Crippen molar-refractivity contribution >= 4 is 5.97 Å². The van der Waals surface area contributed by atoms with Crippen molar-refractivity contribution < 1.29 is 9.53 Å². The summed E-state index contributed by atoms with van der Waals surface area (Å²) in [5.74, 6) is 0.0788. The van der Waals surface area contributed by atoms with Crippen LogP contribution >= 0.6 is 0 Å². The molecule has 0 aliphatic heterocycles. The van der Waals surface area contributed by atoms with Crippen LogP contribution in [0.4, 0.5) is 0 Å². The molecule has 0 unspecified atom stereocenters. The Labute approximate surface area is 118 Å². The fraction of sp³-hybridized carbons (Fsp3) is 0.400.